The number of rotatable bonds is 13. The number of nitrogens with zero attached hydrogens (tertiary/aromatic N) is 2. The van der Waals surface area contributed by atoms with Gasteiger partial charge in [0.1, 0.15) is 18.3 Å². The number of likely N-dealkylation sites (N-methyl/N-ethyl adjacent to an activating group) is 1. The van der Waals surface area contributed by atoms with E-state index in [0.717, 1.165) is 15.4 Å². The number of sulfonamides is 1. The van der Waals surface area contributed by atoms with Gasteiger partial charge in [0.15, 0.2) is 0 Å². The predicted octanol–water partition coefficient (Wildman–Crippen LogP) is 5.32. The van der Waals surface area contributed by atoms with Crippen LogP contribution >= 0.6 is 11.6 Å². The summed E-state index contributed by atoms with van der Waals surface area (Å²) >= 11 is 6.03. The zero-order valence-electron chi connectivity index (χ0n) is 24.0. The highest BCUT2D eigenvalue weighted by Gasteiger charge is 2.34. The van der Waals surface area contributed by atoms with Crippen molar-refractivity contribution in [3.63, 3.8) is 0 Å². The fourth-order valence-electron chi connectivity index (χ4n) is 4.64. The zero-order valence-corrected chi connectivity index (χ0v) is 25.6. The normalized spacial score (nSPS) is 11.8. The van der Waals surface area contributed by atoms with Crippen molar-refractivity contribution in [3.8, 4) is 5.75 Å². The van der Waals surface area contributed by atoms with E-state index in [2.05, 4.69) is 5.32 Å². The summed E-state index contributed by atoms with van der Waals surface area (Å²) < 4.78 is 34.6. The molecule has 0 spiro atoms. The predicted molar refractivity (Wildman–Crippen MR) is 169 cm³/mol. The average molecular weight is 620 g/mol. The average Bonchev–Trinajstić information content (AvgIpc) is 3.03. The van der Waals surface area contributed by atoms with Gasteiger partial charge in [-0.05, 0) is 66.6 Å². The third-order valence-corrected chi connectivity index (χ3v) is 8.87. The lowest BCUT2D eigenvalue weighted by atomic mass is 10.0. The standard InChI is InChI=1S/C33H34ClN3O5S/c1-3-42-29-18-16-28(17-19-29)37(43(40,41)30-20-14-27(34)15-21-30)24-32(38)36(23-26-12-8-5-9-13-26)31(33(39)35-2)22-25-10-6-4-7-11-25/h4-21,31H,3,22-24H2,1-2H3,(H,35,39)/t31-/m0/s1. The number of halogens is 1. The SMILES string of the molecule is CCOc1ccc(N(CC(=O)N(Cc2ccccc2)[C@@H](Cc2ccccc2)C(=O)NC)S(=O)(=O)c2ccc(Cl)cc2)cc1. The van der Waals surface area contributed by atoms with Crippen molar-refractivity contribution in [2.24, 2.45) is 0 Å². The van der Waals surface area contributed by atoms with Gasteiger partial charge in [0.25, 0.3) is 10.0 Å². The molecule has 1 N–H and O–H groups in total. The minimum Gasteiger partial charge on any atom is -0.494 e. The van der Waals surface area contributed by atoms with Crippen molar-refractivity contribution < 1.29 is 22.7 Å². The van der Waals surface area contributed by atoms with Crippen molar-refractivity contribution in [1.82, 2.24) is 10.2 Å². The van der Waals surface area contributed by atoms with Gasteiger partial charge in [0.2, 0.25) is 11.8 Å². The molecule has 10 heteroatoms. The molecule has 0 bridgehead atoms. The number of carbonyl (C=O) groups excluding carboxylic acids is 2. The molecule has 0 heterocycles. The van der Waals surface area contributed by atoms with Crippen molar-refractivity contribution >= 4 is 39.1 Å². The first kappa shape index (κ1) is 31.6. The monoisotopic (exact) mass is 619 g/mol. The molecule has 224 valence electrons. The number of amides is 2. The van der Waals surface area contributed by atoms with E-state index in [0.29, 0.717) is 17.4 Å². The van der Waals surface area contributed by atoms with E-state index in [4.69, 9.17) is 16.3 Å². The molecule has 0 aliphatic rings. The van der Waals surface area contributed by atoms with Crippen LogP contribution in [0.5, 0.6) is 5.75 Å². The van der Waals surface area contributed by atoms with Gasteiger partial charge in [-0.15, -0.1) is 0 Å². The minimum atomic E-state index is -4.22. The molecule has 0 aliphatic carbocycles. The first-order valence-electron chi connectivity index (χ1n) is 13.8. The second kappa shape index (κ2) is 14.7. The van der Waals surface area contributed by atoms with E-state index in [-0.39, 0.29) is 29.5 Å². The molecule has 4 rings (SSSR count). The van der Waals surface area contributed by atoms with Crippen LogP contribution in [-0.4, -0.2) is 51.4 Å². The van der Waals surface area contributed by atoms with E-state index < -0.39 is 28.5 Å². The third-order valence-electron chi connectivity index (χ3n) is 6.83. The van der Waals surface area contributed by atoms with E-state index in [1.54, 1.807) is 24.3 Å². The van der Waals surface area contributed by atoms with Crippen LogP contribution in [0.15, 0.2) is 114 Å². The first-order valence-corrected chi connectivity index (χ1v) is 15.6. The summed E-state index contributed by atoms with van der Waals surface area (Å²) in [6.07, 6.45) is 0.242. The Hall–Kier alpha value is -4.34. The Kier molecular flexibility index (Phi) is 10.8. The van der Waals surface area contributed by atoms with Crippen molar-refractivity contribution in [2.45, 2.75) is 30.8 Å². The highest BCUT2D eigenvalue weighted by Crippen LogP contribution is 2.27. The van der Waals surface area contributed by atoms with Crippen molar-refractivity contribution in [2.75, 3.05) is 24.5 Å². The molecule has 43 heavy (non-hydrogen) atoms. The van der Waals surface area contributed by atoms with Gasteiger partial charge in [-0.25, -0.2) is 8.42 Å². The molecule has 0 radical (unpaired) electrons. The quantitative estimate of drug-likeness (QED) is 0.219. The zero-order chi connectivity index (χ0) is 30.8. The van der Waals surface area contributed by atoms with E-state index in [9.17, 15) is 18.0 Å². The van der Waals surface area contributed by atoms with Crippen molar-refractivity contribution in [3.05, 3.63) is 125 Å². The minimum absolute atomic E-state index is 0.0275. The molecule has 2 amide bonds. The lowest BCUT2D eigenvalue weighted by Gasteiger charge is -2.33. The van der Waals surface area contributed by atoms with Crippen LogP contribution in [0, 0.1) is 0 Å². The van der Waals surface area contributed by atoms with Gasteiger partial charge in [0, 0.05) is 25.0 Å². The molecule has 1 atom stereocenters. The van der Waals surface area contributed by atoms with Crippen LogP contribution < -0.4 is 14.4 Å². The first-order chi connectivity index (χ1) is 20.7. The Labute approximate surface area is 257 Å². The molecule has 0 aromatic heterocycles. The van der Waals surface area contributed by atoms with Gasteiger partial charge < -0.3 is 15.0 Å². The molecule has 0 aliphatic heterocycles. The Morgan fingerprint density at radius 3 is 1.98 bits per heavy atom. The maximum absolute atomic E-state index is 14.3. The summed E-state index contributed by atoms with van der Waals surface area (Å²) in [4.78, 5) is 29.0. The number of nitrogens with one attached hydrogen (secondary N) is 1. The Balaban J connectivity index is 1.77. The molecule has 8 nitrogen and oxygen atoms in total. The van der Waals surface area contributed by atoms with Gasteiger partial charge in [-0.2, -0.15) is 0 Å². The van der Waals surface area contributed by atoms with E-state index in [1.165, 1.54) is 36.2 Å². The van der Waals surface area contributed by atoms with Gasteiger partial charge in [0.05, 0.1) is 17.2 Å². The fourth-order valence-corrected chi connectivity index (χ4v) is 6.18. The van der Waals surface area contributed by atoms with Gasteiger partial charge in [-0.1, -0.05) is 72.3 Å². The van der Waals surface area contributed by atoms with Crippen LogP contribution in [0.4, 0.5) is 5.69 Å². The van der Waals surface area contributed by atoms with Crippen LogP contribution in [0.3, 0.4) is 0 Å². The number of hydrogen-bond acceptors (Lipinski definition) is 5. The second-order valence-electron chi connectivity index (χ2n) is 9.72. The summed E-state index contributed by atoms with van der Waals surface area (Å²) in [5.41, 5.74) is 1.93. The number of ether oxygens (including phenoxy) is 1. The number of hydrogen-bond donors (Lipinski definition) is 1. The maximum Gasteiger partial charge on any atom is 0.264 e. The number of anilines is 1. The van der Waals surface area contributed by atoms with Crippen molar-refractivity contribution in [1.29, 1.82) is 0 Å². The second-order valence-corrected chi connectivity index (χ2v) is 12.0. The van der Waals surface area contributed by atoms with E-state index >= 15 is 0 Å². The lowest BCUT2D eigenvalue weighted by molar-refractivity contribution is -0.139. The molecule has 4 aromatic carbocycles. The summed E-state index contributed by atoms with van der Waals surface area (Å²) in [6.45, 7) is 1.85. The Bertz CT molecular complexity index is 1600. The fraction of sp³-hybridized carbons (Fsp3) is 0.212. The lowest BCUT2D eigenvalue weighted by Crippen LogP contribution is -2.53. The van der Waals surface area contributed by atoms with Crippen LogP contribution in [0.2, 0.25) is 5.02 Å². The smallest absolute Gasteiger partial charge is 0.264 e. The largest absolute Gasteiger partial charge is 0.494 e. The third kappa shape index (κ3) is 8.15. The molecular weight excluding hydrogens is 586 g/mol. The van der Waals surface area contributed by atoms with Crippen LogP contribution in [-0.2, 0) is 32.6 Å². The number of carbonyl (C=O) groups is 2. The summed E-state index contributed by atoms with van der Waals surface area (Å²) in [5, 5.41) is 3.06. The molecule has 4 aromatic rings. The summed E-state index contributed by atoms with van der Waals surface area (Å²) in [6, 6.07) is 30.0. The molecule has 0 unspecified atom stereocenters. The van der Waals surface area contributed by atoms with Gasteiger partial charge >= 0.3 is 0 Å². The molecule has 0 saturated heterocycles. The molecule has 0 fully saturated rings. The molecule has 0 saturated carbocycles. The topological polar surface area (TPSA) is 96.0 Å². The highest BCUT2D eigenvalue weighted by molar-refractivity contribution is 7.92. The summed E-state index contributed by atoms with van der Waals surface area (Å²) in [5.74, 6) is -0.337. The van der Waals surface area contributed by atoms with Crippen LogP contribution in [0.25, 0.3) is 0 Å². The molecular formula is C33H34ClN3O5S. The Morgan fingerprint density at radius 2 is 1.42 bits per heavy atom. The Morgan fingerprint density at radius 1 is 0.837 bits per heavy atom. The van der Waals surface area contributed by atoms with E-state index in [1.807, 2.05) is 67.6 Å². The van der Waals surface area contributed by atoms with Gasteiger partial charge in [-0.3, -0.25) is 13.9 Å². The summed E-state index contributed by atoms with van der Waals surface area (Å²) in [7, 11) is -2.71. The maximum atomic E-state index is 14.3. The highest BCUT2D eigenvalue weighted by atomic mass is 35.5. The van der Waals surface area contributed by atoms with Crippen LogP contribution in [0.1, 0.15) is 18.1 Å². The number of benzene rings is 4.